The first-order valence-corrected chi connectivity index (χ1v) is 5.26. The van der Waals surface area contributed by atoms with Crippen LogP contribution in [0.2, 0.25) is 0 Å². The van der Waals surface area contributed by atoms with Crippen LogP contribution >= 0.6 is 22.6 Å². The molecule has 106 valence electrons. The lowest BCUT2D eigenvalue weighted by atomic mass is 10.2. The lowest BCUT2D eigenvalue weighted by Gasteiger charge is -2.16. The maximum Gasteiger partial charge on any atom is 0.574 e. The summed E-state index contributed by atoms with van der Waals surface area (Å²) in [6.07, 6.45) is -10.3. The Morgan fingerprint density at radius 2 is 1.79 bits per heavy atom. The monoisotopic (exact) mass is 401 g/mol. The van der Waals surface area contributed by atoms with Gasteiger partial charge in [0.2, 0.25) is 5.88 Å². The van der Waals surface area contributed by atoms with Crippen molar-refractivity contribution in [2.45, 2.75) is 12.5 Å². The van der Waals surface area contributed by atoms with Gasteiger partial charge in [-0.15, -0.1) is 13.2 Å². The molecule has 0 aliphatic rings. The fourth-order valence-electron chi connectivity index (χ4n) is 1.05. The second-order valence-electron chi connectivity index (χ2n) is 3.02. The normalized spacial score (nSPS) is 12.4. The zero-order valence-corrected chi connectivity index (χ0v) is 10.6. The molecule has 0 fully saturated rings. The van der Waals surface area contributed by atoms with Crippen molar-refractivity contribution in [1.82, 2.24) is 4.98 Å². The van der Waals surface area contributed by atoms with Crippen LogP contribution in [0.25, 0.3) is 0 Å². The SMILES string of the molecule is O=C(O)c1cnc(OC(F)(F)F)c(C(F)(F)F)c1I. The molecule has 0 bridgehead atoms. The summed E-state index contributed by atoms with van der Waals surface area (Å²) in [4.78, 5) is 13.4. The van der Waals surface area contributed by atoms with Crippen LogP contribution in [0.15, 0.2) is 6.20 Å². The van der Waals surface area contributed by atoms with Gasteiger partial charge in [0, 0.05) is 9.77 Å². The largest absolute Gasteiger partial charge is 0.574 e. The summed E-state index contributed by atoms with van der Waals surface area (Å²) in [7, 11) is 0. The van der Waals surface area contributed by atoms with Crippen molar-refractivity contribution in [1.29, 1.82) is 0 Å². The van der Waals surface area contributed by atoms with E-state index >= 15 is 0 Å². The third kappa shape index (κ3) is 3.84. The molecule has 11 heteroatoms. The van der Waals surface area contributed by atoms with Crippen LogP contribution in [0.4, 0.5) is 26.3 Å². The highest BCUT2D eigenvalue weighted by Gasteiger charge is 2.43. The van der Waals surface area contributed by atoms with Crippen molar-refractivity contribution in [2.24, 2.45) is 0 Å². The Bertz CT molecular complexity index is 512. The number of carboxylic acids is 1. The van der Waals surface area contributed by atoms with Gasteiger partial charge in [0.05, 0.1) is 5.56 Å². The molecule has 1 rings (SSSR count). The van der Waals surface area contributed by atoms with Crippen LogP contribution in [0.3, 0.4) is 0 Å². The highest BCUT2D eigenvalue weighted by atomic mass is 127. The van der Waals surface area contributed by atoms with Crippen molar-refractivity contribution < 1.29 is 41.0 Å². The molecule has 1 heterocycles. The third-order valence-electron chi connectivity index (χ3n) is 1.71. The van der Waals surface area contributed by atoms with Crippen LogP contribution in [0.1, 0.15) is 15.9 Å². The van der Waals surface area contributed by atoms with E-state index in [0.29, 0.717) is 6.20 Å². The van der Waals surface area contributed by atoms with E-state index in [1.54, 1.807) is 0 Å². The Morgan fingerprint density at radius 1 is 1.26 bits per heavy atom. The number of pyridine rings is 1. The summed E-state index contributed by atoms with van der Waals surface area (Å²) in [5.41, 5.74) is -2.76. The number of aromatic nitrogens is 1. The van der Waals surface area contributed by atoms with Gasteiger partial charge in [-0.1, -0.05) is 0 Å². The molecule has 0 aliphatic carbocycles. The molecule has 0 unspecified atom stereocenters. The quantitative estimate of drug-likeness (QED) is 0.611. The first kappa shape index (κ1) is 15.8. The summed E-state index contributed by atoms with van der Waals surface area (Å²) < 4.78 is 76.0. The predicted molar refractivity (Wildman–Crippen MR) is 55.6 cm³/mol. The highest BCUT2D eigenvalue weighted by molar-refractivity contribution is 14.1. The molecule has 1 aromatic heterocycles. The Balaban J connectivity index is 3.50. The van der Waals surface area contributed by atoms with Crippen LogP contribution in [0, 0.1) is 3.57 Å². The lowest BCUT2D eigenvalue weighted by molar-refractivity contribution is -0.278. The van der Waals surface area contributed by atoms with E-state index in [2.05, 4.69) is 9.72 Å². The van der Waals surface area contributed by atoms with Gasteiger partial charge in [-0.25, -0.2) is 9.78 Å². The molecular formula is C8H2F6INO3. The molecule has 4 nitrogen and oxygen atoms in total. The highest BCUT2D eigenvalue weighted by Crippen LogP contribution is 2.40. The summed E-state index contributed by atoms with van der Waals surface area (Å²) in [5, 5.41) is 8.60. The van der Waals surface area contributed by atoms with E-state index in [4.69, 9.17) is 5.11 Å². The van der Waals surface area contributed by atoms with E-state index in [1.165, 1.54) is 0 Å². The van der Waals surface area contributed by atoms with Crippen molar-refractivity contribution >= 4 is 28.6 Å². The molecule has 0 radical (unpaired) electrons. The number of rotatable bonds is 2. The van der Waals surface area contributed by atoms with Crippen molar-refractivity contribution in [3.63, 3.8) is 0 Å². The Morgan fingerprint density at radius 3 is 2.16 bits per heavy atom. The number of alkyl halides is 6. The molecule has 0 amide bonds. The van der Waals surface area contributed by atoms with Crippen LogP contribution in [0.5, 0.6) is 5.88 Å². The van der Waals surface area contributed by atoms with E-state index in [9.17, 15) is 31.1 Å². The van der Waals surface area contributed by atoms with Gasteiger partial charge in [0.15, 0.2) is 0 Å². The minimum absolute atomic E-state index is 0.362. The topological polar surface area (TPSA) is 59.4 Å². The second kappa shape index (κ2) is 5.02. The van der Waals surface area contributed by atoms with Crippen LogP contribution in [-0.2, 0) is 6.18 Å². The number of aromatic carboxylic acids is 1. The van der Waals surface area contributed by atoms with Crippen molar-refractivity contribution in [3.8, 4) is 5.88 Å². The zero-order chi connectivity index (χ0) is 15.0. The number of carboxylic acid groups (broad SMARTS) is 1. The number of hydrogen-bond acceptors (Lipinski definition) is 3. The molecule has 1 aromatic rings. The van der Waals surface area contributed by atoms with Gasteiger partial charge in [0.25, 0.3) is 0 Å². The van der Waals surface area contributed by atoms with Gasteiger partial charge < -0.3 is 9.84 Å². The van der Waals surface area contributed by atoms with E-state index in [-0.39, 0.29) is 0 Å². The van der Waals surface area contributed by atoms with Crippen molar-refractivity contribution in [3.05, 3.63) is 20.9 Å². The Labute approximate surface area is 114 Å². The zero-order valence-electron chi connectivity index (χ0n) is 8.43. The number of carbonyl (C=O) groups is 1. The Kier molecular flexibility index (Phi) is 4.17. The standard InChI is InChI=1S/C8H2F6INO3/c9-7(10,11)3-4(15)2(6(17)18)1-16-5(3)19-8(12,13)14/h1H,(H,17,18). The fourth-order valence-corrected chi connectivity index (χ4v) is 1.96. The molecule has 0 spiro atoms. The molecular weight excluding hydrogens is 399 g/mol. The first-order valence-electron chi connectivity index (χ1n) is 4.18. The average Bonchev–Trinajstić information content (AvgIpc) is 2.11. The minimum atomic E-state index is -5.37. The van der Waals surface area contributed by atoms with E-state index < -0.39 is 39.1 Å². The summed E-state index contributed by atoms with van der Waals surface area (Å²) in [6, 6.07) is 0. The molecule has 0 saturated carbocycles. The van der Waals surface area contributed by atoms with Gasteiger partial charge in [-0.3, -0.25) is 0 Å². The molecule has 0 saturated heterocycles. The number of hydrogen-bond donors (Lipinski definition) is 1. The predicted octanol–water partition coefficient (Wildman–Crippen LogP) is 3.30. The van der Waals surface area contributed by atoms with Gasteiger partial charge >= 0.3 is 18.5 Å². The summed E-state index contributed by atoms with van der Waals surface area (Å²) >= 11 is 0.970. The lowest BCUT2D eigenvalue weighted by Crippen LogP contribution is -2.23. The van der Waals surface area contributed by atoms with Crippen molar-refractivity contribution in [2.75, 3.05) is 0 Å². The molecule has 0 aromatic carbocycles. The maximum absolute atomic E-state index is 12.6. The second-order valence-corrected chi connectivity index (χ2v) is 4.10. The number of halogens is 7. The summed E-state index contributed by atoms with van der Waals surface area (Å²) in [5.74, 6) is -3.49. The first-order chi connectivity index (χ1) is 8.43. The fraction of sp³-hybridized carbons (Fsp3) is 0.250. The minimum Gasteiger partial charge on any atom is -0.478 e. The number of nitrogens with zero attached hydrogens (tertiary/aromatic N) is 1. The average molecular weight is 401 g/mol. The Hall–Kier alpha value is -1.27. The third-order valence-corrected chi connectivity index (χ3v) is 2.83. The van der Waals surface area contributed by atoms with Gasteiger partial charge in [0.1, 0.15) is 5.56 Å². The molecule has 19 heavy (non-hydrogen) atoms. The van der Waals surface area contributed by atoms with Crippen LogP contribution < -0.4 is 4.74 Å². The molecule has 0 aliphatic heterocycles. The maximum atomic E-state index is 12.6. The van der Waals surface area contributed by atoms with E-state index in [1.807, 2.05) is 0 Å². The van der Waals surface area contributed by atoms with Gasteiger partial charge in [-0.05, 0) is 22.6 Å². The smallest absolute Gasteiger partial charge is 0.478 e. The van der Waals surface area contributed by atoms with Gasteiger partial charge in [-0.2, -0.15) is 13.2 Å². The van der Waals surface area contributed by atoms with Crippen LogP contribution in [-0.4, -0.2) is 22.4 Å². The molecule has 0 atom stereocenters. The molecule has 1 N–H and O–H groups in total. The number of ether oxygens (including phenoxy) is 1. The van der Waals surface area contributed by atoms with E-state index in [0.717, 1.165) is 22.6 Å². The summed E-state index contributed by atoms with van der Waals surface area (Å²) in [6.45, 7) is 0.